The summed E-state index contributed by atoms with van der Waals surface area (Å²) in [6.07, 6.45) is 8.41. The maximum atomic E-state index is 9.07. The number of nitrogens with zero attached hydrogens (tertiary/aromatic N) is 6. The van der Waals surface area contributed by atoms with Crippen LogP contribution < -0.4 is 4.90 Å². The first-order valence-electron chi connectivity index (χ1n) is 8.65. The molecule has 2 unspecified atom stereocenters. The van der Waals surface area contributed by atoms with E-state index >= 15 is 0 Å². The van der Waals surface area contributed by atoms with Crippen LogP contribution in [-0.2, 0) is 0 Å². The van der Waals surface area contributed by atoms with Gasteiger partial charge in [-0.2, -0.15) is 5.26 Å². The highest BCUT2D eigenvalue weighted by atomic mass is 32.1. The molecule has 1 fully saturated rings. The minimum atomic E-state index is 0.293. The number of aromatic nitrogens is 5. The number of hydrogen-bond donors (Lipinski definition) is 1. The fourth-order valence-electron chi connectivity index (χ4n) is 3.80. The molecule has 1 N–H and O–H groups in total. The maximum absolute atomic E-state index is 9.07. The molecule has 1 aliphatic rings. The van der Waals surface area contributed by atoms with E-state index in [2.05, 4.69) is 37.2 Å². The van der Waals surface area contributed by atoms with Crippen LogP contribution in [0.3, 0.4) is 0 Å². The number of nitrogens with one attached hydrogen (secondary N) is 1. The van der Waals surface area contributed by atoms with E-state index in [0.717, 1.165) is 47.1 Å². The van der Waals surface area contributed by atoms with Crippen molar-refractivity contribution < 1.29 is 0 Å². The molecule has 0 spiro atoms. The van der Waals surface area contributed by atoms with Gasteiger partial charge in [0.1, 0.15) is 16.8 Å². The molecule has 4 aromatic rings. The zero-order valence-corrected chi connectivity index (χ0v) is 15.1. The standard InChI is InChI=1S/C18H17N7S/c1-11-3-5-24(18-23-9-13(6-19)26-18)10-14(11)17-22-8-12-7-21-16-15(25(12)17)2-4-20-16/h2,4,7-9,11,14,20H,3,5,10H2,1H3. The summed E-state index contributed by atoms with van der Waals surface area (Å²) in [5, 5.41) is 10.00. The Labute approximate surface area is 153 Å². The molecule has 0 bridgehead atoms. The fourth-order valence-corrected chi connectivity index (χ4v) is 4.55. The lowest BCUT2D eigenvalue weighted by atomic mass is 9.86. The number of anilines is 1. The first-order chi connectivity index (χ1) is 12.7. The molecule has 1 saturated heterocycles. The third kappa shape index (κ3) is 2.28. The van der Waals surface area contributed by atoms with Gasteiger partial charge in [0.15, 0.2) is 10.8 Å². The molecule has 0 radical (unpaired) electrons. The van der Waals surface area contributed by atoms with Crippen LogP contribution in [0.25, 0.3) is 16.7 Å². The van der Waals surface area contributed by atoms with Crippen molar-refractivity contribution in [2.45, 2.75) is 19.3 Å². The molecule has 130 valence electrons. The molecule has 7 nitrogen and oxygen atoms in total. The van der Waals surface area contributed by atoms with Crippen molar-refractivity contribution in [2.75, 3.05) is 18.0 Å². The predicted octanol–water partition coefficient (Wildman–Crippen LogP) is 3.17. The Hall–Kier alpha value is -2.92. The first-order valence-corrected chi connectivity index (χ1v) is 9.46. The van der Waals surface area contributed by atoms with Crippen LogP contribution in [0.15, 0.2) is 30.9 Å². The second-order valence-corrected chi connectivity index (χ2v) is 7.79. The molecule has 8 heteroatoms. The molecule has 2 atom stereocenters. The predicted molar refractivity (Wildman–Crippen MR) is 100 cm³/mol. The van der Waals surface area contributed by atoms with Gasteiger partial charge in [0.2, 0.25) is 0 Å². The molecule has 4 aromatic heterocycles. The Balaban J connectivity index is 1.57. The van der Waals surface area contributed by atoms with Crippen molar-refractivity contribution in [1.29, 1.82) is 5.26 Å². The highest BCUT2D eigenvalue weighted by Gasteiger charge is 2.32. The lowest BCUT2D eigenvalue weighted by Gasteiger charge is -2.36. The topological polar surface area (TPSA) is 85.9 Å². The Bertz CT molecular complexity index is 1130. The van der Waals surface area contributed by atoms with Crippen molar-refractivity contribution in [3.63, 3.8) is 0 Å². The van der Waals surface area contributed by atoms with Gasteiger partial charge in [-0.3, -0.25) is 4.40 Å². The highest BCUT2D eigenvalue weighted by Crippen LogP contribution is 2.36. The summed E-state index contributed by atoms with van der Waals surface area (Å²) in [6, 6.07) is 4.23. The first kappa shape index (κ1) is 15.3. The van der Waals surface area contributed by atoms with E-state index in [9.17, 15) is 0 Å². The van der Waals surface area contributed by atoms with Crippen molar-refractivity contribution in [1.82, 2.24) is 24.3 Å². The van der Waals surface area contributed by atoms with Crippen molar-refractivity contribution in [3.05, 3.63) is 41.6 Å². The van der Waals surface area contributed by atoms with Crippen LogP contribution >= 0.6 is 11.3 Å². The third-order valence-electron chi connectivity index (χ3n) is 5.25. The van der Waals surface area contributed by atoms with Gasteiger partial charge >= 0.3 is 0 Å². The minimum absolute atomic E-state index is 0.293. The number of nitriles is 1. The quantitative estimate of drug-likeness (QED) is 0.591. The molecule has 5 rings (SSSR count). The maximum Gasteiger partial charge on any atom is 0.186 e. The average Bonchev–Trinajstić information content (AvgIpc) is 3.39. The van der Waals surface area contributed by atoms with Crippen LogP contribution in [-0.4, -0.2) is 37.4 Å². The van der Waals surface area contributed by atoms with Crippen LogP contribution in [0, 0.1) is 17.2 Å². The SMILES string of the molecule is CC1CCN(c2ncc(C#N)s2)CC1c1ncc2cnc3[nH]ccc3n12. The van der Waals surface area contributed by atoms with E-state index in [0.29, 0.717) is 16.7 Å². The van der Waals surface area contributed by atoms with Crippen LogP contribution in [0.5, 0.6) is 0 Å². The lowest BCUT2D eigenvalue weighted by Crippen LogP contribution is -2.39. The van der Waals surface area contributed by atoms with E-state index < -0.39 is 0 Å². The van der Waals surface area contributed by atoms with Gasteiger partial charge < -0.3 is 9.88 Å². The van der Waals surface area contributed by atoms with Gasteiger partial charge in [0, 0.05) is 25.2 Å². The summed E-state index contributed by atoms with van der Waals surface area (Å²) in [4.78, 5) is 19.8. The lowest BCUT2D eigenvalue weighted by molar-refractivity contribution is 0.367. The highest BCUT2D eigenvalue weighted by molar-refractivity contribution is 7.16. The van der Waals surface area contributed by atoms with Crippen molar-refractivity contribution in [2.24, 2.45) is 5.92 Å². The third-order valence-corrected chi connectivity index (χ3v) is 6.21. The fraction of sp³-hybridized carbons (Fsp3) is 0.333. The Kier molecular flexibility index (Phi) is 3.43. The zero-order chi connectivity index (χ0) is 17.7. The summed E-state index contributed by atoms with van der Waals surface area (Å²) in [6.45, 7) is 4.11. The monoisotopic (exact) mass is 363 g/mol. The minimum Gasteiger partial charge on any atom is -0.347 e. The van der Waals surface area contributed by atoms with Crippen LogP contribution in [0.4, 0.5) is 5.13 Å². The average molecular weight is 363 g/mol. The van der Waals surface area contributed by atoms with Crippen molar-refractivity contribution in [3.8, 4) is 6.07 Å². The summed E-state index contributed by atoms with van der Waals surface area (Å²) < 4.78 is 2.21. The van der Waals surface area contributed by atoms with Gasteiger partial charge in [-0.15, -0.1) is 0 Å². The molecule has 0 aromatic carbocycles. The van der Waals surface area contributed by atoms with Gasteiger partial charge in [-0.1, -0.05) is 18.3 Å². The molecule has 5 heterocycles. The van der Waals surface area contributed by atoms with Gasteiger partial charge in [0.05, 0.1) is 29.6 Å². The smallest absolute Gasteiger partial charge is 0.186 e. The summed E-state index contributed by atoms with van der Waals surface area (Å²) >= 11 is 1.46. The number of aromatic amines is 1. The normalized spacial score (nSPS) is 20.7. The largest absolute Gasteiger partial charge is 0.347 e. The Morgan fingerprint density at radius 1 is 1.27 bits per heavy atom. The molecule has 1 aliphatic heterocycles. The summed E-state index contributed by atoms with van der Waals surface area (Å²) in [5.41, 5.74) is 2.94. The summed E-state index contributed by atoms with van der Waals surface area (Å²) in [7, 11) is 0. The molecule has 0 amide bonds. The Morgan fingerprint density at radius 2 is 2.15 bits per heavy atom. The number of H-pyrrole nitrogens is 1. The second kappa shape index (κ2) is 5.81. The molecular weight excluding hydrogens is 346 g/mol. The van der Waals surface area contributed by atoms with Crippen LogP contribution in [0.2, 0.25) is 0 Å². The second-order valence-electron chi connectivity index (χ2n) is 6.78. The molecule has 26 heavy (non-hydrogen) atoms. The number of fused-ring (bicyclic) bond motifs is 3. The van der Waals surface area contributed by atoms with E-state index in [4.69, 9.17) is 10.2 Å². The number of hydrogen-bond acceptors (Lipinski definition) is 6. The van der Waals surface area contributed by atoms with Crippen molar-refractivity contribution >= 4 is 33.1 Å². The zero-order valence-electron chi connectivity index (χ0n) is 14.3. The van der Waals surface area contributed by atoms with E-state index in [-0.39, 0.29) is 0 Å². The van der Waals surface area contributed by atoms with E-state index in [1.165, 1.54) is 11.3 Å². The van der Waals surface area contributed by atoms with Gasteiger partial charge in [-0.25, -0.2) is 15.0 Å². The molecule has 0 aliphatic carbocycles. The number of thiazole rings is 1. The summed E-state index contributed by atoms with van der Waals surface area (Å²) in [5.74, 6) is 1.89. The van der Waals surface area contributed by atoms with Gasteiger partial charge in [-0.05, 0) is 18.4 Å². The van der Waals surface area contributed by atoms with Crippen LogP contribution in [0.1, 0.15) is 30.0 Å². The van der Waals surface area contributed by atoms with Gasteiger partial charge in [0.25, 0.3) is 0 Å². The number of imidazole rings is 1. The Morgan fingerprint density at radius 3 is 3.00 bits per heavy atom. The van der Waals surface area contributed by atoms with E-state index in [1.54, 1.807) is 6.20 Å². The number of rotatable bonds is 2. The van der Waals surface area contributed by atoms with E-state index in [1.807, 2.05) is 24.7 Å². The molecular formula is C18H17N7S. The molecule has 0 saturated carbocycles. The number of piperidine rings is 1.